The molecule has 1 rings (SSSR count). The smallest absolute Gasteiger partial charge is 0.332 e. The molecule has 0 aliphatic rings. The molecule has 1 aromatic rings. The van der Waals surface area contributed by atoms with E-state index in [-0.39, 0.29) is 0 Å². The standard InChI is InChI=1S/C14H22N4O3/c1-18(2)8-5-9-21-13-11(10-16-17-14(15)19)6-4-7-12(13)20-3/h4,6-7,10H,5,8-9H2,1-3H3,(H3,15,17,19). The number of para-hydroxylation sites is 1. The molecule has 0 atom stereocenters. The fourth-order valence-electron chi connectivity index (χ4n) is 1.67. The number of nitrogens with zero attached hydrogens (tertiary/aromatic N) is 2. The topological polar surface area (TPSA) is 89.2 Å². The maximum atomic E-state index is 10.6. The van der Waals surface area contributed by atoms with Gasteiger partial charge in [0.1, 0.15) is 0 Å². The van der Waals surface area contributed by atoms with Crippen molar-refractivity contribution in [2.75, 3.05) is 34.4 Å². The number of urea groups is 1. The summed E-state index contributed by atoms with van der Waals surface area (Å²) in [6.45, 7) is 1.49. The number of amides is 2. The van der Waals surface area contributed by atoms with Gasteiger partial charge in [-0.25, -0.2) is 10.2 Å². The van der Waals surface area contributed by atoms with E-state index < -0.39 is 6.03 Å². The lowest BCUT2D eigenvalue weighted by Gasteiger charge is -2.14. The molecule has 0 saturated carbocycles. The Morgan fingerprint density at radius 2 is 2.24 bits per heavy atom. The van der Waals surface area contributed by atoms with Crippen LogP contribution in [-0.4, -0.2) is 51.5 Å². The van der Waals surface area contributed by atoms with Gasteiger partial charge in [0.15, 0.2) is 11.5 Å². The van der Waals surface area contributed by atoms with Gasteiger partial charge in [-0.2, -0.15) is 5.10 Å². The minimum Gasteiger partial charge on any atom is -0.493 e. The van der Waals surface area contributed by atoms with E-state index in [9.17, 15) is 4.79 Å². The molecule has 0 unspecified atom stereocenters. The minimum atomic E-state index is -0.720. The maximum Gasteiger partial charge on any atom is 0.332 e. The van der Waals surface area contributed by atoms with Crippen LogP contribution < -0.4 is 20.6 Å². The monoisotopic (exact) mass is 294 g/mol. The molecule has 7 nitrogen and oxygen atoms in total. The van der Waals surface area contributed by atoms with E-state index in [2.05, 4.69) is 15.4 Å². The highest BCUT2D eigenvalue weighted by Gasteiger charge is 2.09. The summed E-state index contributed by atoms with van der Waals surface area (Å²) in [5.74, 6) is 1.21. The molecule has 7 heteroatoms. The van der Waals surface area contributed by atoms with Crippen molar-refractivity contribution >= 4 is 12.2 Å². The molecule has 0 fully saturated rings. The number of primary amides is 1. The van der Waals surface area contributed by atoms with Crippen LogP contribution in [0.4, 0.5) is 4.79 Å². The molecule has 0 radical (unpaired) electrons. The predicted molar refractivity (Wildman–Crippen MR) is 82.0 cm³/mol. The van der Waals surface area contributed by atoms with Crippen molar-refractivity contribution in [2.45, 2.75) is 6.42 Å². The van der Waals surface area contributed by atoms with Crippen LogP contribution in [0.1, 0.15) is 12.0 Å². The van der Waals surface area contributed by atoms with Crippen molar-refractivity contribution in [2.24, 2.45) is 10.8 Å². The third-order valence-corrected chi connectivity index (χ3v) is 2.60. The van der Waals surface area contributed by atoms with Gasteiger partial charge in [0, 0.05) is 12.1 Å². The first-order chi connectivity index (χ1) is 10.0. The van der Waals surface area contributed by atoms with Gasteiger partial charge in [-0.15, -0.1) is 0 Å². The Morgan fingerprint density at radius 3 is 2.86 bits per heavy atom. The van der Waals surface area contributed by atoms with Crippen LogP contribution in [0.25, 0.3) is 0 Å². The molecule has 0 heterocycles. The van der Waals surface area contributed by atoms with Crippen molar-refractivity contribution in [3.8, 4) is 11.5 Å². The Morgan fingerprint density at radius 1 is 1.48 bits per heavy atom. The molecule has 0 aromatic heterocycles. The summed E-state index contributed by atoms with van der Waals surface area (Å²) in [7, 11) is 5.60. The van der Waals surface area contributed by atoms with Gasteiger partial charge in [0.05, 0.1) is 19.9 Å². The zero-order valence-corrected chi connectivity index (χ0v) is 12.6. The molecular formula is C14H22N4O3. The maximum absolute atomic E-state index is 10.6. The molecule has 0 bridgehead atoms. The summed E-state index contributed by atoms with van der Waals surface area (Å²) >= 11 is 0. The molecule has 1 aromatic carbocycles. The zero-order valence-electron chi connectivity index (χ0n) is 12.6. The first kappa shape index (κ1) is 16.8. The highest BCUT2D eigenvalue weighted by molar-refractivity contribution is 5.86. The average Bonchev–Trinajstić information content (AvgIpc) is 2.43. The van der Waals surface area contributed by atoms with Gasteiger partial charge in [-0.05, 0) is 32.6 Å². The minimum absolute atomic E-state index is 0.558. The van der Waals surface area contributed by atoms with Crippen LogP contribution in [0.2, 0.25) is 0 Å². The number of carbonyl (C=O) groups excluding carboxylic acids is 1. The molecular weight excluding hydrogens is 272 g/mol. The normalized spacial score (nSPS) is 10.9. The van der Waals surface area contributed by atoms with Crippen LogP contribution in [0.15, 0.2) is 23.3 Å². The van der Waals surface area contributed by atoms with Gasteiger partial charge in [-0.1, -0.05) is 6.07 Å². The molecule has 0 aliphatic heterocycles. The second-order valence-corrected chi connectivity index (χ2v) is 4.62. The van der Waals surface area contributed by atoms with Crippen LogP contribution in [0.5, 0.6) is 11.5 Å². The van der Waals surface area contributed by atoms with E-state index in [0.717, 1.165) is 13.0 Å². The summed E-state index contributed by atoms with van der Waals surface area (Å²) in [6.07, 6.45) is 2.36. The quantitative estimate of drug-likeness (QED) is 0.426. The van der Waals surface area contributed by atoms with Crippen LogP contribution in [0.3, 0.4) is 0 Å². The van der Waals surface area contributed by atoms with E-state index in [1.54, 1.807) is 13.2 Å². The molecule has 116 valence electrons. The average molecular weight is 294 g/mol. The summed E-state index contributed by atoms with van der Waals surface area (Å²) in [5, 5.41) is 3.74. The number of carbonyl (C=O) groups is 1. The van der Waals surface area contributed by atoms with Gasteiger partial charge in [-0.3, -0.25) is 0 Å². The Balaban J connectivity index is 2.77. The second kappa shape index (κ2) is 8.80. The van der Waals surface area contributed by atoms with E-state index >= 15 is 0 Å². The molecule has 0 saturated heterocycles. The number of methoxy groups -OCH3 is 1. The zero-order chi connectivity index (χ0) is 15.7. The van der Waals surface area contributed by atoms with Crippen molar-refractivity contribution in [1.82, 2.24) is 10.3 Å². The summed E-state index contributed by atoms with van der Waals surface area (Å²) < 4.78 is 11.1. The first-order valence-corrected chi connectivity index (χ1v) is 6.57. The van der Waals surface area contributed by atoms with E-state index in [1.807, 2.05) is 26.2 Å². The third-order valence-electron chi connectivity index (χ3n) is 2.60. The second-order valence-electron chi connectivity index (χ2n) is 4.62. The number of nitrogens with two attached hydrogens (primary N) is 1. The highest BCUT2D eigenvalue weighted by Crippen LogP contribution is 2.30. The lowest BCUT2D eigenvalue weighted by atomic mass is 10.2. The number of ether oxygens (including phenoxy) is 2. The van der Waals surface area contributed by atoms with Crippen LogP contribution in [0, 0.1) is 0 Å². The lowest BCUT2D eigenvalue weighted by molar-refractivity contribution is 0.249. The van der Waals surface area contributed by atoms with Crippen LogP contribution >= 0.6 is 0 Å². The number of nitrogens with one attached hydrogen (secondary N) is 1. The number of hydrazone groups is 1. The SMILES string of the molecule is COc1cccc(C=NNC(N)=O)c1OCCCN(C)C. The number of rotatable bonds is 8. The van der Waals surface area contributed by atoms with E-state index in [1.165, 1.54) is 6.21 Å². The van der Waals surface area contributed by atoms with E-state index in [0.29, 0.717) is 23.7 Å². The van der Waals surface area contributed by atoms with Gasteiger partial charge >= 0.3 is 6.03 Å². The van der Waals surface area contributed by atoms with Crippen molar-refractivity contribution in [1.29, 1.82) is 0 Å². The summed E-state index contributed by atoms with van der Waals surface area (Å²) in [4.78, 5) is 12.7. The summed E-state index contributed by atoms with van der Waals surface area (Å²) in [6, 6.07) is 4.72. The van der Waals surface area contributed by atoms with Gasteiger partial charge < -0.3 is 20.1 Å². The number of hydrogen-bond donors (Lipinski definition) is 2. The predicted octanol–water partition coefficient (Wildman–Crippen LogP) is 1.03. The molecule has 0 spiro atoms. The Bertz CT molecular complexity index is 489. The molecule has 2 amide bonds. The van der Waals surface area contributed by atoms with Gasteiger partial charge in [0.25, 0.3) is 0 Å². The van der Waals surface area contributed by atoms with Crippen molar-refractivity contribution in [3.63, 3.8) is 0 Å². The lowest BCUT2D eigenvalue weighted by Crippen LogP contribution is -2.24. The summed E-state index contributed by atoms with van der Waals surface area (Å²) in [5.41, 5.74) is 7.80. The number of hydrogen-bond acceptors (Lipinski definition) is 5. The first-order valence-electron chi connectivity index (χ1n) is 6.57. The molecule has 0 aliphatic carbocycles. The fraction of sp³-hybridized carbons (Fsp3) is 0.429. The fourth-order valence-corrected chi connectivity index (χ4v) is 1.67. The Labute approximate surface area is 124 Å². The highest BCUT2D eigenvalue weighted by atomic mass is 16.5. The molecule has 3 N–H and O–H groups in total. The van der Waals surface area contributed by atoms with Crippen molar-refractivity contribution in [3.05, 3.63) is 23.8 Å². The Kier molecular flexibility index (Phi) is 7.03. The Hall–Kier alpha value is -2.28. The van der Waals surface area contributed by atoms with E-state index in [4.69, 9.17) is 15.2 Å². The number of benzene rings is 1. The van der Waals surface area contributed by atoms with Gasteiger partial charge in [0.2, 0.25) is 0 Å². The van der Waals surface area contributed by atoms with Crippen LogP contribution in [-0.2, 0) is 0 Å². The largest absolute Gasteiger partial charge is 0.493 e. The third kappa shape index (κ3) is 6.13. The van der Waals surface area contributed by atoms with Crippen molar-refractivity contribution < 1.29 is 14.3 Å². The molecule has 21 heavy (non-hydrogen) atoms.